The Hall–Kier alpha value is -2.62. The first-order valence-corrected chi connectivity index (χ1v) is 14.2. The van der Waals surface area contributed by atoms with Crippen molar-refractivity contribution in [2.24, 2.45) is 17.0 Å². The summed E-state index contributed by atoms with van der Waals surface area (Å²) in [5, 5.41) is 23.7. The molecule has 2 fully saturated rings. The molecule has 4 N–H and O–H groups in total. The zero-order chi connectivity index (χ0) is 24.4. The van der Waals surface area contributed by atoms with E-state index in [1.54, 1.807) is 0 Å². The highest BCUT2D eigenvalue weighted by Gasteiger charge is 2.27. The van der Waals surface area contributed by atoms with Gasteiger partial charge in [-0.05, 0) is 71.0 Å². The van der Waals surface area contributed by atoms with E-state index < -0.39 is 10.0 Å². The number of nitrogens with zero attached hydrogens (tertiary/aromatic N) is 3. The average molecular weight is 495 g/mol. The van der Waals surface area contributed by atoms with E-state index in [0.717, 1.165) is 48.5 Å². The van der Waals surface area contributed by atoms with Crippen molar-refractivity contribution < 1.29 is 8.42 Å². The van der Waals surface area contributed by atoms with E-state index in [4.69, 9.17) is 5.14 Å². The molecule has 1 aromatic heterocycles. The van der Waals surface area contributed by atoms with Crippen LogP contribution in [0.4, 0.5) is 0 Å². The van der Waals surface area contributed by atoms with Gasteiger partial charge in [-0.25, -0.2) is 13.6 Å². The molecule has 1 saturated heterocycles. The molecule has 2 aromatic carbocycles. The van der Waals surface area contributed by atoms with Gasteiger partial charge in [0.2, 0.25) is 15.8 Å². The fraction of sp³-hybridized carbons (Fsp3) is 0.500. The van der Waals surface area contributed by atoms with Gasteiger partial charge in [-0.2, -0.15) is 5.21 Å². The first kappa shape index (κ1) is 24.1. The standard InChI is InChI=1S/C26H34N6O2S/c1-17-2-4-18(5-3-17)6-7-21-12-13-23(20-10-8-19(9-11-20)22-14-15-28-16-22)24(25(21)35(27,33)34)26-29-31-32-30-26/h8-13,17-18,22,28H,2-7,14-16H2,1H3,(H2,27,33,34)(H,29,30,31,32). The van der Waals surface area contributed by atoms with E-state index in [9.17, 15) is 8.42 Å². The Labute approximate surface area is 207 Å². The highest BCUT2D eigenvalue weighted by molar-refractivity contribution is 7.89. The Morgan fingerprint density at radius 2 is 1.80 bits per heavy atom. The summed E-state index contributed by atoms with van der Waals surface area (Å²) in [5.41, 5.74) is 4.07. The molecule has 8 nitrogen and oxygen atoms in total. The molecule has 0 amide bonds. The Morgan fingerprint density at radius 1 is 1.03 bits per heavy atom. The van der Waals surface area contributed by atoms with Crippen LogP contribution < -0.4 is 10.5 Å². The molecule has 2 aliphatic rings. The van der Waals surface area contributed by atoms with E-state index >= 15 is 0 Å². The summed E-state index contributed by atoms with van der Waals surface area (Å²) in [6.07, 6.45) is 7.61. The molecular formula is C26H34N6O2S. The van der Waals surface area contributed by atoms with Gasteiger partial charge in [-0.3, -0.25) is 0 Å². The lowest BCUT2D eigenvalue weighted by Gasteiger charge is -2.26. The van der Waals surface area contributed by atoms with Crippen LogP contribution in [0.15, 0.2) is 41.3 Å². The zero-order valence-electron chi connectivity index (χ0n) is 20.2. The lowest BCUT2D eigenvalue weighted by molar-refractivity contribution is 0.277. The maximum absolute atomic E-state index is 13.0. The molecule has 0 spiro atoms. The highest BCUT2D eigenvalue weighted by Crippen LogP contribution is 2.39. The molecule has 35 heavy (non-hydrogen) atoms. The number of benzene rings is 2. The van der Waals surface area contributed by atoms with Gasteiger partial charge in [0, 0.05) is 6.54 Å². The normalized spacial score (nSPS) is 23.0. The minimum absolute atomic E-state index is 0.115. The predicted octanol–water partition coefficient (Wildman–Crippen LogP) is 4.02. The van der Waals surface area contributed by atoms with E-state index in [1.807, 2.05) is 24.3 Å². The van der Waals surface area contributed by atoms with Gasteiger partial charge >= 0.3 is 0 Å². The number of tetrazole rings is 1. The van der Waals surface area contributed by atoms with Crippen LogP contribution >= 0.6 is 0 Å². The quantitative estimate of drug-likeness (QED) is 0.455. The van der Waals surface area contributed by atoms with Gasteiger partial charge in [0.1, 0.15) is 0 Å². The van der Waals surface area contributed by atoms with Gasteiger partial charge in [0.15, 0.2) is 0 Å². The van der Waals surface area contributed by atoms with Crippen molar-refractivity contribution in [3.63, 3.8) is 0 Å². The lowest BCUT2D eigenvalue weighted by atomic mass is 9.80. The largest absolute Gasteiger partial charge is 0.316 e. The summed E-state index contributed by atoms with van der Waals surface area (Å²) in [5.74, 6) is 2.14. The van der Waals surface area contributed by atoms with E-state index in [2.05, 4.69) is 45.0 Å². The molecule has 1 atom stereocenters. The minimum atomic E-state index is -4.03. The van der Waals surface area contributed by atoms with Gasteiger partial charge < -0.3 is 5.32 Å². The molecular weight excluding hydrogens is 460 g/mol. The van der Waals surface area contributed by atoms with Crippen molar-refractivity contribution in [3.8, 4) is 22.5 Å². The first-order chi connectivity index (χ1) is 16.9. The van der Waals surface area contributed by atoms with Crippen LogP contribution in [0.1, 0.15) is 62.5 Å². The van der Waals surface area contributed by atoms with Gasteiger partial charge in [0.25, 0.3) is 0 Å². The number of hydrogen-bond acceptors (Lipinski definition) is 6. The van der Waals surface area contributed by atoms with Crippen LogP contribution in [0.3, 0.4) is 0 Å². The predicted molar refractivity (Wildman–Crippen MR) is 136 cm³/mol. The van der Waals surface area contributed by atoms with Crippen molar-refractivity contribution in [2.45, 2.75) is 62.7 Å². The number of aromatic amines is 1. The Balaban J connectivity index is 1.54. The van der Waals surface area contributed by atoms with Crippen LogP contribution in [0, 0.1) is 11.8 Å². The van der Waals surface area contributed by atoms with Gasteiger partial charge in [0.05, 0.1) is 10.5 Å². The topological polar surface area (TPSA) is 127 Å². The van der Waals surface area contributed by atoms with Crippen molar-refractivity contribution in [2.75, 3.05) is 13.1 Å². The van der Waals surface area contributed by atoms with Crippen LogP contribution in [-0.2, 0) is 16.4 Å². The number of sulfonamides is 1. The maximum Gasteiger partial charge on any atom is 0.239 e. The summed E-state index contributed by atoms with van der Waals surface area (Å²) >= 11 is 0. The fourth-order valence-corrected chi connectivity index (χ4v) is 6.75. The second-order valence-corrected chi connectivity index (χ2v) is 11.7. The molecule has 5 rings (SSSR count). The second-order valence-electron chi connectivity index (χ2n) is 10.2. The molecule has 9 heteroatoms. The molecule has 2 heterocycles. The zero-order valence-corrected chi connectivity index (χ0v) is 21.0. The molecule has 186 valence electrons. The van der Waals surface area contributed by atoms with E-state index in [0.29, 0.717) is 23.8 Å². The Bertz CT molecular complexity index is 1240. The second kappa shape index (κ2) is 10.2. The molecule has 1 saturated carbocycles. The summed E-state index contributed by atoms with van der Waals surface area (Å²) in [4.78, 5) is 0.115. The van der Waals surface area contributed by atoms with Crippen molar-refractivity contribution in [1.82, 2.24) is 25.9 Å². The minimum Gasteiger partial charge on any atom is -0.316 e. The van der Waals surface area contributed by atoms with Crippen LogP contribution in [0.25, 0.3) is 22.5 Å². The average Bonchev–Trinajstić information content (AvgIpc) is 3.57. The number of nitrogens with one attached hydrogen (secondary N) is 2. The summed E-state index contributed by atoms with van der Waals surface area (Å²) in [6, 6.07) is 12.2. The molecule has 1 aliphatic carbocycles. The van der Waals surface area contributed by atoms with Crippen molar-refractivity contribution >= 4 is 10.0 Å². The van der Waals surface area contributed by atoms with Crippen LogP contribution in [0.5, 0.6) is 0 Å². The van der Waals surface area contributed by atoms with Gasteiger partial charge in [-0.1, -0.05) is 69.0 Å². The Morgan fingerprint density at radius 3 is 2.43 bits per heavy atom. The number of nitrogens with two attached hydrogens (primary N) is 1. The van der Waals surface area contributed by atoms with E-state index in [1.165, 1.54) is 31.2 Å². The SMILES string of the molecule is CC1CCC(CCc2ccc(-c3ccc(C4CCNC4)cc3)c(-c3nn[nH]n3)c2S(N)(=O)=O)CC1. The smallest absolute Gasteiger partial charge is 0.239 e. The third-order valence-corrected chi connectivity index (χ3v) is 8.84. The number of rotatable bonds is 7. The molecule has 1 aliphatic heterocycles. The number of H-pyrrole nitrogens is 1. The summed E-state index contributed by atoms with van der Waals surface area (Å²) in [7, 11) is -4.03. The number of aryl methyl sites for hydroxylation is 1. The Kier molecular flexibility index (Phi) is 7.00. The number of primary sulfonamides is 1. The number of aromatic nitrogens is 4. The molecule has 3 aromatic rings. The van der Waals surface area contributed by atoms with Crippen LogP contribution in [0.2, 0.25) is 0 Å². The fourth-order valence-electron chi connectivity index (χ4n) is 5.73. The van der Waals surface area contributed by atoms with E-state index in [-0.39, 0.29) is 10.7 Å². The molecule has 1 unspecified atom stereocenters. The third-order valence-electron chi connectivity index (χ3n) is 7.80. The highest BCUT2D eigenvalue weighted by atomic mass is 32.2. The monoisotopic (exact) mass is 494 g/mol. The third kappa shape index (κ3) is 5.32. The summed E-state index contributed by atoms with van der Waals surface area (Å²) < 4.78 is 25.9. The molecule has 0 bridgehead atoms. The molecule has 0 radical (unpaired) electrons. The maximum atomic E-state index is 13.0. The van der Waals surface area contributed by atoms with Crippen molar-refractivity contribution in [1.29, 1.82) is 0 Å². The number of hydrogen-bond donors (Lipinski definition) is 3. The van der Waals surface area contributed by atoms with Crippen LogP contribution in [-0.4, -0.2) is 42.1 Å². The van der Waals surface area contributed by atoms with Crippen molar-refractivity contribution in [3.05, 3.63) is 47.5 Å². The lowest BCUT2D eigenvalue weighted by Crippen LogP contribution is -2.18. The van der Waals surface area contributed by atoms with Gasteiger partial charge in [-0.15, -0.1) is 10.2 Å². The first-order valence-electron chi connectivity index (χ1n) is 12.6. The summed E-state index contributed by atoms with van der Waals surface area (Å²) in [6.45, 7) is 4.33.